The summed E-state index contributed by atoms with van der Waals surface area (Å²) in [6, 6.07) is -0.217. The number of hydrogen-bond donors (Lipinski definition) is 0. The molecule has 0 aromatic carbocycles. The smallest absolute Gasteiger partial charge is 0.200 e. The molecule has 0 saturated carbocycles. The Labute approximate surface area is 161 Å². The van der Waals surface area contributed by atoms with Crippen LogP contribution >= 0.6 is 11.8 Å². The molecule has 0 rings (SSSR count). The lowest BCUT2D eigenvalue weighted by atomic mass is 9.92. The maximum Gasteiger partial charge on any atom is 0.389 e. The molecule has 0 saturated heterocycles. The first-order valence-electron chi connectivity index (χ1n) is 7.49. The fourth-order valence-corrected chi connectivity index (χ4v) is 3.18. The van der Waals surface area contributed by atoms with Crippen molar-refractivity contribution in [2.24, 2.45) is 0 Å². The van der Waals surface area contributed by atoms with Crippen LogP contribution in [0.4, 0.5) is 65.9 Å². The minimum Gasteiger partial charge on any atom is -0.200 e. The van der Waals surface area contributed by atoms with E-state index in [0.29, 0.717) is 0 Å². The van der Waals surface area contributed by atoms with Crippen LogP contribution in [0.25, 0.3) is 0 Å². The highest BCUT2D eigenvalue weighted by atomic mass is 32.2. The SMILES string of the molecule is FC(F)(F)CCCC(F)(F)C(F)(F)C(F)(F)C(F)(F)C(F)(F)C(F)(F)SCC[SiH3]. The molecule has 29 heavy (non-hydrogen) atoms. The van der Waals surface area contributed by atoms with Crippen LogP contribution in [-0.2, 0) is 0 Å². The summed E-state index contributed by atoms with van der Waals surface area (Å²) in [6.45, 7) is 0. The van der Waals surface area contributed by atoms with Crippen molar-refractivity contribution in [3.63, 3.8) is 0 Å². The predicted molar refractivity (Wildman–Crippen MR) is 76.8 cm³/mol. The van der Waals surface area contributed by atoms with Gasteiger partial charge in [0, 0.05) is 23.1 Å². The zero-order valence-electron chi connectivity index (χ0n) is 14.1. The molecule has 0 N–H and O–H groups in total. The molecule has 0 unspecified atom stereocenters. The lowest BCUT2D eigenvalue weighted by Gasteiger charge is -2.41. The number of rotatable bonds is 11. The summed E-state index contributed by atoms with van der Waals surface area (Å²) in [5, 5.41) is -6.04. The molecule has 0 atom stereocenters. The van der Waals surface area contributed by atoms with Gasteiger partial charge in [0.25, 0.3) is 0 Å². The number of alkyl halides is 15. The molecule has 0 aromatic heterocycles. The van der Waals surface area contributed by atoms with Gasteiger partial charge in [0.2, 0.25) is 0 Å². The molecule has 0 aliphatic heterocycles. The molecule has 0 fully saturated rings. The molecular weight excluding hydrogens is 489 g/mol. The third-order valence-corrected chi connectivity index (χ3v) is 5.90. The van der Waals surface area contributed by atoms with E-state index in [1.54, 1.807) is 0 Å². The Bertz CT molecular complexity index is 542. The molecule has 0 amide bonds. The van der Waals surface area contributed by atoms with Gasteiger partial charge >= 0.3 is 41.0 Å². The van der Waals surface area contributed by atoms with Crippen molar-refractivity contribution in [1.29, 1.82) is 0 Å². The Morgan fingerprint density at radius 1 is 0.552 bits per heavy atom. The fraction of sp³-hybridized carbons (Fsp3) is 1.00. The van der Waals surface area contributed by atoms with Gasteiger partial charge in [-0.25, -0.2) is 0 Å². The summed E-state index contributed by atoms with van der Waals surface area (Å²) in [4.78, 5) is 0. The van der Waals surface area contributed by atoms with Crippen LogP contribution in [0.2, 0.25) is 6.04 Å². The second-order valence-electron chi connectivity index (χ2n) is 5.84. The van der Waals surface area contributed by atoms with Crippen molar-refractivity contribution in [2.45, 2.75) is 66.4 Å². The van der Waals surface area contributed by atoms with Crippen LogP contribution in [0.1, 0.15) is 19.3 Å². The van der Waals surface area contributed by atoms with Crippen LogP contribution in [0.3, 0.4) is 0 Å². The Balaban J connectivity index is 5.95. The molecular formula is C12H13F15SSi. The van der Waals surface area contributed by atoms with Gasteiger partial charge in [0.1, 0.15) is 0 Å². The van der Waals surface area contributed by atoms with E-state index in [9.17, 15) is 65.9 Å². The van der Waals surface area contributed by atoms with Gasteiger partial charge in [0.05, 0.1) is 0 Å². The van der Waals surface area contributed by atoms with Crippen LogP contribution in [0, 0.1) is 0 Å². The third-order valence-electron chi connectivity index (χ3n) is 3.45. The Morgan fingerprint density at radius 3 is 1.34 bits per heavy atom. The highest BCUT2D eigenvalue weighted by Crippen LogP contribution is 2.62. The van der Waals surface area contributed by atoms with Crippen molar-refractivity contribution >= 4 is 22.0 Å². The van der Waals surface area contributed by atoms with Crippen molar-refractivity contribution in [3.05, 3.63) is 0 Å². The average molecular weight is 502 g/mol. The molecule has 0 aromatic rings. The van der Waals surface area contributed by atoms with E-state index in [1.165, 1.54) is 0 Å². The first-order chi connectivity index (χ1) is 12.5. The zero-order chi connectivity index (χ0) is 23.7. The topological polar surface area (TPSA) is 0 Å². The summed E-state index contributed by atoms with van der Waals surface area (Å²) in [5.74, 6) is -37.3. The molecule has 0 nitrogen and oxygen atoms in total. The summed E-state index contributed by atoms with van der Waals surface area (Å²) in [6.07, 6.45) is -12.1. The summed E-state index contributed by atoms with van der Waals surface area (Å²) < 4.78 is 196. The second kappa shape index (κ2) is 8.57. The van der Waals surface area contributed by atoms with E-state index >= 15 is 0 Å². The van der Waals surface area contributed by atoms with Gasteiger partial charge in [-0.05, 0) is 12.2 Å². The van der Waals surface area contributed by atoms with Crippen LogP contribution in [0.5, 0.6) is 0 Å². The minimum absolute atomic E-state index is 0.0991. The van der Waals surface area contributed by atoms with Gasteiger partial charge < -0.3 is 0 Å². The first-order valence-corrected chi connectivity index (χ1v) is 9.89. The maximum atomic E-state index is 13.5. The summed E-state index contributed by atoms with van der Waals surface area (Å²) >= 11 is -1.26. The fourth-order valence-electron chi connectivity index (χ4n) is 1.80. The van der Waals surface area contributed by atoms with E-state index in [-0.39, 0.29) is 16.3 Å². The number of thioether (sulfide) groups is 1. The van der Waals surface area contributed by atoms with Gasteiger partial charge in [0.15, 0.2) is 0 Å². The molecule has 0 radical (unpaired) electrons. The molecule has 0 aliphatic rings. The lowest BCUT2D eigenvalue weighted by molar-refractivity contribution is -0.416. The molecule has 0 spiro atoms. The van der Waals surface area contributed by atoms with Gasteiger partial charge in [-0.2, -0.15) is 65.9 Å². The Kier molecular flexibility index (Phi) is 8.43. The monoisotopic (exact) mass is 502 g/mol. The van der Waals surface area contributed by atoms with Gasteiger partial charge in [-0.15, -0.1) is 0 Å². The van der Waals surface area contributed by atoms with Crippen molar-refractivity contribution in [1.82, 2.24) is 0 Å². The first kappa shape index (κ1) is 28.5. The standard InChI is InChI=1S/C12H13F15SSi/c13-6(14,2-1-3-7(15,16)17)8(18,19)9(20,21)10(22,23)11(24,25)12(26,27)28-4-5-29/h1-5H2,29H3. The van der Waals surface area contributed by atoms with Crippen molar-refractivity contribution in [3.8, 4) is 0 Å². The number of halogens is 15. The number of hydrogen-bond acceptors (Lipinski definition) is 1. The molecule has 0 bridgehead atoms. The maximum absolute atomic E-state index is 13.5. The second-order valence-corrected chi connectivity index (χ2v) is 8.05. The molecule has 176 valence electrons. The quantitative estimate of drug-likeness (QED) is 0.247. The van der Waals surface area contributed by atoms with E-state index < -0.39 is 77.8 Å². The van der Waals surface area contributed by atoms with E-state index in [0.717, 1.165) is 0 Å². The van der Waals surface area contributed by atoms with Crippen LogP contribution < -0.4 is 0 Å². The van der Waals surface area contributed by atoms with Crippen molar-refractivity contribution < 1.29 is 65.9 Å². The normalized spacial score (nSPS) is 15.8. The van der Waals surface area contributed by atoms with E-state index in [1.807, 2.05) is 0 Å². The lowest BCUT2D eigenvalue weighted by Crippen LogP contribution is -2.70. The summed E-state index contributed by atoms with van der Waals surface area (Å²) in [5.41, 5.74) is 0. The highest BCUT2D eigenvalue weighted by molar-refractivity contribution is 8.00. The largest absolute Gasteiger partial charge is 0.389 e. The van der Waals surface area contributed by atoms with Gasteiger partial charge in [-0.1, -0.05) is 17.8 Å². The van der Waals surface area contributed by atoms with Crippen LogP contribution in [0.15, 0.2) is 0 Å². The van der Waals surface area contributed by atoms with E-state index in [2.05, 4.69) is 0 Å². The molecule has 17 heteroatoms. The predicted octanol–water partition coefficient (Wildman–Crippen LogP) is 6.01. The minimum atomic E-state index is -7.74. The third kappa shape index (κ3) is 5.42. The Hall–Kier alpha value is -0.483. The van der Waals surface area contributed by atoms with Crippen LogP contribution in [-0.4, -0.2) is 57.0 Å². The molecule has 0 heterocycles. The van der Waals surface area contributed by atoms with Gasteiger partial charge in [-0.3, -0.25) is 0 Å². The summed E-state index contributed by atoms with van der Waals surface area (Å²) in [7, 11) is 0.0991. The highest BCUT2D eigenvalue weighted by Gasteiger charge is 2.89. The molecule has 0 aliphatic carbocycles. The van der Waals surface area contributed by atoms with Crippen molar-refractivity contribution in [2.75, 3.05) is 5.75 Å². The van der Waals surface area contributed by atoms with E-state index in [4.69, 9.17) is 0 Å². The zero-order valence-corrected chi connectivity index (χ0v) is 16.9. The Morgan fingerprint density at radius 2 is 0.966 bits per heavy atom. The average Bonchev–Trinajstić information content (AvgIpc) is 2.50.